The van der Waals surface area contributed by atoms with Crippen LogP contribution in [-0.4, -0.2) is 10.8 Å². The first kappa shape index (κ1) is 16.0. The van der Waals surface area contributed by atoms with Crippen molar-refractivity contribution in [2.45, 2.75) is 19.4 Å². The minimum absolute atomic E-state index is 0.0108. The SMILES string of the molecule is CC[C@H](NC(=O)c1ccc(Cl)c([N+](=O)[O-])c1)c1ccccc1. The summed E-state index contributed by atoms with van der Waals surface area (Å²) in [5, 5.41) is 13.8. The molecule has 0 saturated carbocycles. The van der Waals surface area contributed by atoms with Crippen LogP contribution in [0.3, 0.4) is 0 Å². The maximum Gasteiger partial charge on any atom is 0.288 e. The van der Waals surface area contributed by atoms with Gasteiger partial charge >= 0.3 is 0 Å². The Balaban J connectivity index is 2.21. The predicted octanol–water partition coefficient (Wildman–Crippen LogP) is 4.13. The quantitative estimate of drug-likeness (QED) is 0.665. The van der Waals surface area contributed by atoms with Crippen LogP contribution < -0.4 is 5.32 Å². The highest BCUT2D eigenvalue weighted by molar-refractivity contribution is 6.32. The average molecular weight is 319 g/mol. The molecule has 0 unspecified atom stereocenters. The number of halogens is 1. The van der Waals surface area contributed by atoms with E-state index in [1.165, 1.54) is 18.2 Å². The Morgan fingerprint density at radius 2 is 1.95 bits per heavy atom. The molecular formula is C16H15ClN2O3. The van der Waals surface area contributed by atoms with Crippen molar-refractivity contribution in [3.8, 4) is 0 Å². The molecule has 0 saturated heterocycles. The summed E-state index contributed by atoms with van der Waals surface area (Å²) in [6, 6.07) is 13.4. The number of nitro benzene ring substituents is 1. The monoisotopic (exact) mass is 318 g/mol. The van der Waals surface area contributed by atoms with Gasteiger partial charge in [0.1, 0.15) is 5.02 Å². The smallest absolute Gasteiger partial charge is 0.288 e. The molecule has 0 bridgehead atoms. The fraction of sp³-hybridized carbons (Fsp3) is 0.188. The highest BCUT2D eigenvalue weighted by Gasteiger charge is 2.18. The van der Waals surface area contributed by atoms with Gasteiger partial charge in [-0.05, 0) is 24.1 Å². The Labute approximate surface area is 133 Å². The molecule has 0 aliphatic rings. The number of hydrogen-bond donors (Lipinski definition) is 1. The van der Waals surface area contributed by atoms with Crippen LogP contribution in [0, 0.1) is 10.1 Å². The Morgan fingerprint density at radius 1 is 1.27 bits per heavy atom. The average Bonchev–Trinajstić information content (AvgIpc) is 2.53. The number of nitrogens with one attached hydrogen (secondary N) is 1. The number of hydrogen-bond acceptors (Lipinski definition) is 3. The number of carbonyl (C=O) groups excluding carboxylic acids is 1. The van der Waals surface area contributed by atoms with E-state index >= 15 is 0 Å². The van der Waals surface area contributed by atoms with Gasteiger partial charge in [0.25, 0.3) is 11.6 Å². The summed E-state index contributed by atoms with van der Waals surface area (Å²) in [6.45, 7) is 1.96. The van der Waals surface area contributed by atoms with Crippen LogP contribution in [0.15, 0.2) is 48.5 Å². The summed E-state index contributed by atoms with van der Waals surface area (Å²) >= 11 is 5.75. The minimum atomic E-state index is -0.604. The van der Waals surface area contributed by atoms with E-state index < -0.39 is 4.92 Å². The first-order valence-corrected chi connectivity index (χ1v) is 7.20. The van der Waals surface area contributed by atoms with Crippen LogP contribution in [0.1, 0.15) is 35.3 Å². The number of nitrogens with zero attached hydrogens (tertiary/aromatic N) is 1. The number of nitro groups is 1. The molecule has 0 spiro atoms. The van der Waals surface area contributed by atoms with Gasteiger partial charge in [0, 0.05) is 11.6 Å². The zero-order valence-corrected chi connectivity index (χ0v) is 12.7. The molecule has 2 rings (SSSR count). The van der Waals surface area contributed by atoms with E-state index in [0.29, 0.717) is 6.42 Å². The highest BCUT2D eigenvalue weighted by atomic mass is 35.5. The molecule has 0 aliphatic carbocycles. The largest absolute Gasteiger partial charge is 0.345 e. The Hall–Kier alpha value is -2.40. The van der Waals surface area contributed by atoms with Gasteiger partial charge in [0.15, 0.2) is 0 Å². The zero-order valence-electron chi connectivity index (χ0n) is 12.0. The van der Waals surface area contributed by atoms with Crippen molar-refractivity contribution in [2.24, 2.45) is 0 Å². The molecule has 0 radical (unpaired) electrons. The number of benzene rings is 2. The molecule has 1 atom stereocenters. The number of carbonyl (C=O) groups is 1. The van der Waals surface area contributed by atoms with Gasteiger partial charge in [0.2, 0.25) is 0 Å². The van der Waals surface area contributed by atoms with Crippen molar-refractivity contribution >= 4 is 23.2 Å². The third-order valence-electron chi connectivity index (χ3n) is 3.32. The van der Waals surface area contributed by atoms with Crippen LogP contribution in [0.4, 0.5) is 5.69 Å². The molecule has 22 heavy (non-hydrogen) atoms. The summed E-state index contributed by atoms with van der Waals surface area (Å²) in [5.41, 5.74) is 0.925. The van der Waals surface area contributed by atoms with E-state index in [-0.39, 0.29) is 28.2 Å². The van der Waals surface area contributed by atoms with Crippen molar-refractivity contribution < 1.29 is 9.72 Å². The van der Waals surface area contributed by atoms with Crippen molar-refractivity contribution in [3.05, 3.63) is 74.8 Å². The molecule has 0 aliphatic heterocycles. The molecule has 5 nitrogen and oxygen atoms in total. The Morgan fingerprint density at radius 3 is 2.55 bits per heavy atom. The summed E-state index contributed by atoms with van der Waals surface area (Å²) < 4.78 is 0. The predicted molar refractivity (Wildman–Crippen MR) is 85.0 cm³/mol. The molecule has 114 valence electrons. The van der Waals surface area contributed by atoms with Crippen LogP contribution in [0.5, 0.6) is 0 Å². The number of amides is 1. The van der Waals surface area contributed by atoms with Gasteiger partial charge in [0.05, 0.1) is 11.0 Å². The van der Waals surface area contributed by atoms with E-state index in [1.807, 2.05) is 37.3 Å². The van der Waals surface area contributed by atoms with Gasteiger partial charge in [-0.2, -0.15) is 0 Å². The molecule has 2 aromatic rings. The second-order valence-electron chi connectivity index (χ2n) is 4.77. The first-order chi connectivity index (χ1) is 10.5. The lowest BCUT2D eigenvalue weighted by atomic mass is 10.0. The second-order valence-corrected chi connectivity index (χ2v) is 5.18. The third kappa shape index (κ3) is 3.62. The van der Waals surface area contributed by atoms with Gasteiger partial charge in [-0.25, -0.2) is 0 Å². The Bertz CT molecular complexity index is 689. The summed E-state index contributed by atoms with van der Waals surface area (Å²) in [4.78, 5) is 22.6. The number of rotatable bonds is 5. The zero-order chi connectivity index (χ0) is 16.1. The molecule has 0 fully saturated rings. The maximum absolute atomic E-state index is 12.3. The van der Waals surface area contributed by atoms with E-state index in [1.54, 1.807) is 0 Å². The molecule has 1 N–H and O–H groups in total. The fourth-order valence-electron chi connectivity index (χ4n) is 2.14. The maximum atomic E-state index is 12.3. The van der Waals surface area contributed by atoms with Gasteiger partial charge in [-0.1, -0.05) is 48.9 Å². The van der Waals surface area contributed by atoms with E-state index in [2.05, 4.69) is 5.32 Å². The second kappa shape index (κ2) is 7.04. The van der Waals surface area contributed by atoms with Gasteiger partial charge < -0.3 is 5.32 Å². The standard InChI is InChI=1S/C16H15ClN2O3/c1-2-14(11-6-4-3-5-7-11)18-16(20)12-8-9-13(17)15(10-12)19(21)22/h3-10,14H,2H2,1H3,(H,18,20)/t14-/m0/s1. The van der Waals surface area contributed by atoms with E-state index in [4.69, 9.17) is 11.6 Å². The van der Waals surface area contributed by atoms with Crippen molar-refractivity contribution in [2.75, 3.05) is 0 Å². The van der Waals surface area contributed by atoms with Crippen LogP contribution in [-0.2, 0) is 0 Å². The van der Waals surface area contributed by atoms with Gasteiger partial charge in [-0.15, -0.1) is 0 Å². The molecule has 2 aromatic carbocycles. The van der Waals surface area contributed by atoms with Gasteiger partial charge in [-0.3, -0.25) is 14.9 Å². The summed E-state index contributed by atoms with van der Waals surface area (Å²) in [6.07, 6.45) is 0.714. The van der Waals surface area contributed by atoms with E-state index in [0.717, 1.165) is 5.56 Å². The molecule has 0 aromatic heterocycles. The third-order valence-corrected chi connectivity index (χ3v) is 3.64. The summed E-state index contributed by atoms with van der Waals surface area (Å²) in [5.74, 6) is -0.365. The summed E-state index contributed by atoms with van der Waals surface area (Å²) in [7, 11) is 0. The van der Waals surface area contributed by atoms with E-state index in [9.17, 15) is 14.9 Å². The lowest BCUT2D eigenvalue weighted by molar-refractivity contribution is -0.384. The lowest BCUT2D eigenvalue weighted by Gasteiger charge is -2.17. The van der Waals surface area contributed by atoms with Crippen molar-refractivity contribution in [1.82, 2.24) is 5.32 Å². The first-order valence-electron chi connectivity index (χ1n) is 6.82. The van der Waals surface area contributed by atoms with Crippen LogP contribution in [0.2, 0.25) is 5.02 Å². The van der Waals surface area contributed by atoms with Crippen LogP contribution >= 0.6 is 11.6 Å². The van der Waals surface area contributed by atoms with Crippen molar-refractivity contribution in [3.63, 3.8) is 0 Å². The molecular weight excluding hydrogens is 304 g/mol. The lowest BCUT2D eigenvalue weighted by Crippen LogP contribution is -2.28. The Kier molecular flexibility index (Phi) is 5.12. The minimum Gasteiger partial charge on any atom is -0.345 e. The highest BCUT2D eigenvalue weighted by Crippen LogP contribution is 2.25. The molecule has 6 heteroatoms. The molecule has 0 heterocycles. The molecule has 1 amide bonds. The topological polar surface area (TPSA) is 72.2 Å². The van der Waals surface area contributed by atoms with Crippen molar-refractivity contribution in [1.29, 1.82) is 0 Å². The van der Waals surface area contributed by atoms with Crippen LogP contribution in [0.25, 0.3) is 0 Å². The fourth-order valence-corrected chi connectivity index (χ4v) is 2.33. The normalized spacial score (nSPS) is 11.7.